The molecule has 2 heterocycles. The number of hydrogen-bond donors (Lipinski definition) is 1. The van der Waals surface area contributed by atoms with Crippen molar-refractivity contribution in [2.75, 3.05) is 19.1 Å². The van der Waals surface area contributed by atoms with Gasteiger partial charge in [0, 0.05) is 24.7 Å². The number of rotatable bonds is 2. The van der Waals surface area contributed by atoms with Gasteiger partial charge in [-0.25, -0.2) is 8.42 Å². The smallest absolute Gasteiger partial charge is 0.263 e. The van der Waals surface area contributed by atoms with Gasteiger partial charge in [0.2, 0.25) is 0 Å². The lowest BCUT2D eigenvalue weighted by Gasteiger charge is -2.32. The minimum Gasteiger partial charge on any atom is -0.381 e. The van der Waals surface area contributed by atoms with E-state index in [4.69, 9.17) is 16.3 Å². The molecule has 0 spiro atoms. The first-order valence-corrected chi connectivity index (χ1v) is 8.44. The molecule has 1 fully saturated rings. The van der Waals surface area contributed by atoms with Gasteiger partial charge in [-0.15, -0.1) is 11.6 Å². The maximum atomic E-state index is 12.0. The van der Waals surface area contributed by atoms with Crippen LogP contribution in [0.1, 0.15) is 18.4 Å². The Kier molecular flexibility index (Phi) is 3.48. The monoisotopic (exact) mass is 314 g/mol. The molecule has 2 aliphatic heterocycles. The Hall–Kier alpha value is -1.11. The standard InChI is InChI=1S/C13H15ClN2O3S/c14-9-13(5-7-19-8-6-13)15-12-10-3-1-2-4-11(10)20(17,18)16-12/h1-4H,5-9H2,(H,15,16). The second-order valence-electron chi connectivity index (χ2n) is 5.03. The van der Waals surface area contributed by atoms with Crippen molar-refractivity contribution in [3.63, 3.8) is 0 Å². The number of halogens is 1. The van der Waals surface area contributed by atoms with Crippen molar-refractivity contribution in [2.45, 2.75) is 23.3 Å². The average Bonchev–Trinajstić information content (AvgIpc) is 2.72. The molecule has 0 bridgehead atoms. The zero-order valence-electron chi connectivity index (χ0n) is 10.8. The highest BCUT2D eigenvalue weighted by Gasteiger charge is 2.36. The Bertz CT molecular complexity index is 651. The molecular weight excluding hydrogens is 300 g/mol. The van der Waals surface area contributed by atoms with Crippen LogP contribution in [0, 0.1) is 0 Å². The van der Waals surface area contributed by atoms with Gasteiger partial charge in [0.15, 0.2) is 0 Å². The van der Waals surface area contributed by atoms with E-state index < -0.39 is 15.6 Å². The predicted molar refractivity (Wildman–Crippen MR) is 76.8 cm³/mol. The van der Waals surface area contributed by atoms with E-state index in [-0.39, 0.29) is 4.90 Å². The van der Waals surface area contributed by atoms with Crippen LogP contribution in [0.5, 0.6) is 0 Å². The summed E-state index contributed by atoms with van der Waals surface area (Å²) in [7, 11) is -3.50. The molecule has 1 aromatic carbocycles. The molecule has 2 aliphatic rings. The van der Waals surface area contributed by atoms with E-state index in [1.54, 1.807) is 24.3 Å². The summed E-state index contributed by atoms with van der Waals surface area (Å²) >= 11 is 6.07. The summed E-state index contributed by atoms with van der Waals surface area (Å²) in [5.74, 6) is 0.743. The maximum Gasteiger partial charge on any atom is 0.263 e. The molecule has 0 unspecified atom stereocenters. The summed E-state index contributed by atoms with van der Waals surface area (Å²) in [6.45, 7) is 1.19. The number of fused-ring (bicyclic) bond motifs is 1. The summed E-state index contributed by atoms with van der Waals surface area (Å²) in [5, 5.41) is 0. The molecule has 5 nitrogen and oxygen atoms in total. The number of nitrogens with zero attached hydrogens (tertiary/aromatic N) is 1. The van der Waals surface area contributed by atoms with Gasteiger partial charge >= 0.3 is 0 Å². The number of ether oxygens (including phenoxy) is 1. The molecule has 1 saturated heterocycles. The molecular formula is C13H15ClN2O3S. The molecule has 3 rings (SSSR count). The Morgan fingerprint density at radius 3 is 2.70 bits per heavy atom. The summed E-state index contributed by atoms with van der Waals surface area (Å²) in [6, 6.07) is 6.84. The molecule has 0 saturated carbocycles. The number of benzene rings is 1. The summed E-state index contributed by atoms with van der Waals surface area (Å²) in [6.07, 6.45) is 1.40. The van der Waals surface area contributed by atoms with Crippen LogP contribution >= 0.6 is 11.6 Å². The van der Waals surface area contributed by atoms with E-state index >= 15 is 0 Å². The van der Waals surface area contributed by atoms with E-state index in [2.05, 4.69) is 9.71 Å². The van der Waals surface area contributed by atoms with Gasteiger partial charge in [-0.1, -0.05) is 12.1 Å². The number of aliphatic imine (C=N–C) groups is 1. The first-order valence-electron chi connectivity index (χ1n) is 6.42. The van der Waals surface area contributed by atoms with Gasteiger partial charge in [-0.2, -0.15) is 0 Å². The van der Waals surface area contributed by atoms with Crippen molar-refractivity contribution in [2.24, 2.45) is 4.99 Å². The van der Waals surface area contributed by atoms with Crippen molar-refractivity contribution >= 4 is 27.5 Å². The summed E-state index contributed by atoms with van der Waals surface area (Å²) in [4.78, 5) is 4.91. The van der Waals surface area contributed by atoms with E-state index in [9.17, 15) is 8.42 Å². The van der Waals surface area contributed by atoms with Gasteiger partial charge in [-0.3, -0.25) is 9.71 Å². The molecule has 1 aromatic rings. The number of nitrogens with one attached hydrogen (secondary N) is 1. The normalized spacial score (nSPS) is 25.1. The molecule has 7 heteroatoms. The fourth-order valence-electron chi connectivity index (χ4n) is 2.48. The molecule has 0 amide bonds. The lowest BCUT2D eigenvalue weighted by atomic mass is 9.93. The third-order valence-corrected chi connectivity index (χ3v) is 5.58. The van der Waals surface area contributed by atoms with Crippen LogP contribution in [0.15, 0.2) is 34.2 Å². The highest BCUT2D eigenvalue weighted by Crippen LogP contribution is 2.30. The molecule has 108 valence electrons. The first-order chi connectivity index (χ1) is 9.56. The summed E-state index contributed by atoms with van der Waals surface area (Å²) < 4.78 is 32.0. The van der Waals surface area contributed by atoms with Crippen LogP contribution in [0.3, 0.4) is 0 Å². The van der Waals surface area contributed by atoms with Gasteiger partial charge in [0.1, 0.15) is 5.84 Å². The minimum absolute atomic E-state index is 0.274. The second-order valence-corrected chi connectivity index (χ2v) is 6.95. The summed E-state index contributed by atoms with van der Waals surface area (Å²) in [5.41, 5.74) is 0.165. The minimum atomic E-state index is -3.50. The second kappa shape index (κ2) is 5.02. The van der Waals surface area contributed by atoms with Crippen molar-refractivity contribution in [1.29, 1.82) is 0 Å². The van der Waals surface area contributed by atoms with Crippen molar-refractivity contribution in [3.05, 3.63) is 29.8 Å². The zero-order chi connectivity index (χ0) is 14.2. The van der Waals surface area contributed by atoms with Crippen LogP contribution in [0.4, 0.5) is 0 Å². The highest BCUT2D eigenvalue weighted by molar-refractivity contribution is 7.90. The predicted octanol–water partition coefficient (Wildman–Crippen LogP) is 1.51. The SMILES string of the molecule is O=S1(=O)NC(=NC2(CCl)CCOCC2)c2ccccc21. The Morgan fingerprint density at radius 2 is 2.00 bits per heavy atom. The Labute approximate surface area is 123 Å². The molecule has 1 N–H and O–H groups in total. The maximum absolute atomic E-state index is 12.0. The van der Waals surface area contributed by atoms with Crippen LogP contribution in [0.2, 0.25) is 0 Å². The van der Waals surface area contributed by atoms with Crippen LogP contribution < -0.4 is 4.72 Å². The quantitative estimate of drug-likeness (QED) is 0.841. The highest BCUT2D eigenvalue weighted by atomic mass is 35.5. The van der Waals surface area contributed by atoms with E-state index in [1.165, 1.54) is 0 Å². The fraction of sp³-hybridized carbons (Fsp3) is 0.462. The van der Waals surface area contributed by atoms with Gasteiger partial charge in [-0.05, 0) is 25.0 Å². The Balaban J connectivity index is 2.05. The first kappa shape index (κ1) is 13.9. The van der Waals surface area contributed by atoms with E-state index in [1.807, 2.05) is 0 Å². The average molecular weight is 315 g/mol. The molecule has 20 heavy (non-hydrogen) atoms. The third kappa shape index (κ3) is 2.32. The van der Waals surface area contributed by atoms with E-state index in [0.717, 1.165) is 0 Å². The zero-order valence-corrected chi connectivity index (χ0v) is 12.4. The third-order valence-electron chi connectivity index (χ3n) is 3.68. The fourth-order valence-corrected chi connectivity index (χ4v) is 4.04. The van der Waals surface area contributed by atoms with Crippen LogP contribution in [-0.2, 0) is 14.8 Å². The number of hydrogen-bond acceptors (Lipinski definition) is 4. The number of alkyl halides is 1. The van der Waals surface area contributed by atoms with Crippen LogP contribution in [-0.4, -0.2) is 38.9 Å². The largest absolute Gasteiger partial charge is 0.381 e. The van der Waals surface area contributed by atoms with Gasteiger partial charge in [0.05, 0.1) is 10.4 Å². The molecule has 0 atom stereocenters. The number of amidine groups is 1. The number of sulfonamides is 1. The van der Waals surface area contributed by atoms with Crippen molar-refractivity contribution in [3.8, 4) is 0 Å². The van der Waals surface area contributed by atoms with Gasteiger partial charge < -0.3 is 4.74 Å². The molecule has 0 radical (unpaired) electrons. The lowest BCUT2D eigenvalue weighted by molar-refractivity contribution is 0.0612. The van der Waals surface area contributed by atoms with Crippen LogP contribution in [0.25, 0.3) is 0 Å². The molecule has 0 aliphatic carbocycles. The van der Waals surface area contributed by atoms with E-state index in [0.29, 0.717) is 43.3 Å². The Morgan fingerprint density at radius 1 is 1.30 bits per heavy atom. The van der Waals surface area contributed by atoms with Crippen molar-refractivity contribution in [1.82, 2.24) is 4.72 Å². The molecule has 0 aromatic heterocycles. The topological polar surface area (TPSA) is 67.8 Å². The van der Waals surface area contributed by atoms with Gasteiger partial charge in [0.25, 0.3) is 10.0 Å². The van der Waals surface area contributed by atoms with Crippen molar-refractivity contribution < 1.29 is 13.2 Å². The lowest BCUT2D eigenvalue weighted by Crippen LogP contribution is -2.39.